The summed E-state index contributed by atoms with van der Waals surface area (Å²) in [5, 5.41) is 8.32. The molecule has 2 aliphatic heterocycles. The first-order valence-corrected chi connectivity index (χ1v) is 8.69. The van der Waals surface area contributed by atoms with Crippen molar-refractivity contribution in [1.82, 2.24) is 10.6 Å². The zero-order valence-corrected chi connectivity index (χ0v) is 15.4. The van der Waals surface area contributed by atoms with E-state index in [1.165, 1.54) is 7.11 Å². The number of benzene rings is 2. The van der Waals surface area contributed by atoms with E-state index in [-0.39, 0.29) is 18.7 Å². The van der Waals surface area contributed by atoms with Crippen molar-refractivity contribution in [1.29, 1.82) is 0 Å². The first-order chi connectivity index (χ1) is 13.6. The Kier molecular flexibility index (Phi) is 4.52. The van der Waals surface area contributed by atoms with Gasteiger partial charge in [-0.25, -0.2) is 4.79 Å². The molecule has 0 bridgehead atoms. The molecule has 4 rings (SSSR count). The number of carbonyl (C=O) groups is 2. The Morgan fingerprint density at radius 2 is 1.96 bits per heavy atom. The maximum Gasteiger partial charge on any atom is 0.319 e. The second-order valence-electron chi connectivity index (χ2n) is 6.34. The van der Waals surface area contributed by atoms with Gasteiger partial charge in [0.15, 0.2) is 11.5 Å². The molecular formula is C20H19N3O5. The minimum atomic E-state index is -0.641. The van der Waals surface area contributed by atoms with Crippen molar-refractivity contribution in [3.05, 3.63) is 59.3 Å². The molecule has 3 amide bonds. The van der Waals surface area contributed by atoms with Crippen molar-refractivity contribution in [3.8, 4) is 17.2 Å². The molecule has 2 heterocycles. The van der Waals surface area contributed by atoms with E-state index >= 15 is 0 Å². The van der Waals surface area contributed by atoms with Crippen molar-refractivity contribution >= 4 is 17.6 Å². The van der Waals surface area contributed by atoms with Crippen LogP contribution in [0.15, 0.2) is 53.7 Å². The number of methoxy groups -OCH3 is 1. The molecule has 0 aliphatic carbocycles. The van der Waals surface area contributed by atoms with Gasteiger partial charge in [0.05, 0.1) is 24.4 Å². The van der Waals surface area contributed by atoms with Crippen LogP contribution >= 0.6 is 0 Å². The van der Waals surface area contributed by atoms with E-state index in [1.807, 2.05) is 6.07 Å². The smallest absolute Gasteiger partial charge is 0.319 e. The number of rotatable bonds is 4. The zero-order chi connectivity index (χ0) is 19.7. The van der Waals surface area contributed by atoms with Gasteiger partial charge in [0, 0.05) is 5.70 Å². The molecule has 0 fully saturated rings. The molecule has 8 nitrogen and oxygen atoms in total. The van der Waals surface area contributed by atoms with Crippen LogP contribution in [0.4, 0.5) is 10.5 Å². The van der Waals surface area contributed by atoms with Gasteiger partial charge in [0.25, 0.3) is 5.91 Å². The fourth-order valence-electron chi connectivity index (χ4n) is 3.28. The topological polar surface area (TPSA) is 97.9 Å². The summed E-state index contributed by atoms with van der Waals surface area (Å²) in [6.45, 7) is 1.84. The van der Waals surface area contributed by atoms with E-state index in [1.54, 1.807) is 43.3 Å². The van der Waals surface area contributed by atoms with Gasteiger partial charge in [0.1, 0.15) is 5.75 Å². The standard InChI is InChI=1S/C20H19N3O5/c1-11-17(19(24)22-13-5-3-4-6-14(13)26-2)18(23-20(25)21-11)12-7-8-15-16(9-12)28-10-27-15/h3-9,18H,10H2,1-2H3,(H,22,24)(H2,21,23,25)/t18-/m0/s1. The van der Waals surface area contributed by atoms with Crippen LogP contribution in [-0.2, 0) is 4.79 Å². The largest absolute Gasteiger partial charge is 0.495 e. The molecule has 0 spiro atoms. The Morgan fingerprint density at radius 1 is 1.18 bits per heavy atom. The molecule has 144 valence electrons. The van der Waals surface area contributed by atoms with Crippen molar-refractivity contribution < 1.29 is 23.8 Å². The van der Waals surface area contributed by atoms with Gasteiger partial charge in [-0.2, -0.15) is 0 Å². The molecule has 2 aromatic carbocycles. The predicted molar refractivity (Wildman–Crippen MR) is 101 cm³/mol. The molecule has 0 aromatic heterocycles. The van der Waals surface area contributed by atoms with Gasteiger partial charge in [-0.05, 0) is 36.8 Å². The quantitative estimate of drug-likeness (QED) is 0.756. The van der Waals surface area contributed by atoms with Crippen LogP contribution in [0, 0.1) is 0 Å². The van der Waals surface area contributed by atoms with Gasteiger partial charge in [-0.1, -0.05) is 18.2 Å². The molecule has 28 heavy (non-hydrogen) atoms. The molecule has 0 unspecified atom stereocenters. The number of fused-ring (bicyclic) bond motifs is 1. The lowest BCUT2D eigenvalue weighted by molar-refractivity contribution is -0.113. The minimum Gasteiger partial charge on any atom is -0.495 e. The van der Waals surface area contributed by atoms with Gasteiger partial charge in [-0.3, -0.25) is 4.79 Å². The summed E-state index contributed by atoms with van der Waals surface area (Å²) in [6, 6.07) is 11.4. The van der Waals surface area contributed by atoms with E-state index in [9.17, 15) is 9.59 Å². The fourth-order valence-corrected chi connectivity index (χ4v) is 3.28. The molecule has 0 saturated heterocycles. The lowest BCUT2D eigenvalue weighted by atomic mass is 9.94. The number of carbonyl (C=O) groups excluding carboxylic acids is 2. The lowest BCUT2D eigenvalue weighted by Crippen LogP contribution is -2.46. The lowest BCUT2D eigenvalue weighted by Gasteiger charge is -2.29. The summed E-state index contributed by atoms with van der Waals surface area (Å²) in [7, 11) is 1.54. The molecule has 3 N–H and O–H groups in total. The minimum absolute atomic E-state index is 0.146. The molecule has 0 radical (unpaired) electrons. The number of anilines is 1. The van der Waals surface area contributed by atoms with Crippen LogP contribution in [0.3, 0.4) is 0 Å². The molecule has 2 aliphatic rings. The van der Waals surface area contributed by atoms with Crippen LogP contribution in [-0.4, -0.2) is 25.8 Å². The fraction of sp³-hybridized carbons (Fsp3) is 0.200. The average Bonchev–Trinajstić information content (AvgIpc) is 3.15. The van der Waals surface area contributed by atoms with E-state index in [0.29, 0.717) is 39.8 Å². The van der Waals surface area contributed by atoms with Gasteiger partial charge in [-0.15, -0.1) is 0 Å². The Balaban J connectivity index is 1.68. The third-order valence-electron chi connectivity index (χ3n) is 4.60. The number of para-hydroxylation sites is 2. The summed E-state index contributed by atoms with van der Waals surface area (Å²) in [5.74, 6) is 1.40. The van der Waals surface area contributed by atoms with Crippen molar-refractivity contribution in [2.75, 3.05) is 19.2 Å². The summed E-state index contributed by atoms with van der Waals surface area (Å²) < 4.78 is 16.0. The van der Waals surface area contributed by atoms with E-state index in [4.69, 9.17) is 14.2 Å². The third-order valence-corrected chi connectivity index (χ3v) is 4.60. The molecule has 1 atom stereocenters. The third kappa shape index (κ3) is 3.20. The summed E-state index contributed by atoms with van der Waals surface area (Å²) in [5.41, 5.74) is 2.11. The Hall–Kier alpha value is -3.68. The highest BCUT2D eigenvalue weighted by atomic mass is 16.7. The van der Waals surface area contributed by atoms with Crippen molar-refractivity contribution in [2.45, 2.75) is 13.0 Å². The summed E-state index contributed by atoms with van der Waals surface area (Å²) >= 11 is 0. The Labute approximate surface area is 161 Å². The van der Waals surface area contributed by atoms with E-state index < -0.39 is 6.04 Å². The Morgan fingerprint density at radius 3 is 2.79 bits per heavy atom. The highest BCUT2D eigenvalue weighted by Crippen LogP contribution is 2.37. The first-order valence-electron chi connectivity index (χ1n) is 8.69. The van der Waals surface area contributed by atoms with Gasteiger partial charge in [0.2, 0.25) is 6.79 Å². The number of hydrogen-bond acceptors (Lipinski definition) is 5. The molecule has 8 heteroatoms. The number of urea groups is 1. The van der Waals surface area contributed by atoms with Gasteiger partial charge >= 0.3 is 6.03 Å². The second kappa shape index (κ2) is 7.15. The van der Waals surface area contributed by atoms with Crippen molar-refractivity contribution in [2.24, 2.45) is 0 Å². The second-order valence-corrected chi connectivity index (χ2v) is 6.34. The van der Waals surface area contributed by atoms with E-state index in [2.05, 4.69) is 16.0 Å². The first kappa shape index (κ1) is 17.7. The van der Waals surface area contributed by atoms with Crippen LogP contribution in [0.2, 0.25) is 0 Å². The number of nitrogens with one attached hydrogen (secondary N) is 3. The molecule has 0 saturated carbocycles. The normalized spacial score (nSPS) is 17.6. The Bertz CT molecular complexity index is 986. The number of ether oxygens (including phenoxy) is 3. The average molecular weight is 381 g/mol. The maximum absolute atomic E-state index is 13.1. The van der Waals surface area contributed by atoms with Gasteiger partial charge < -0.3 is 30.2 Å². The maximum atomic E-state index is 13.1. The number of allylic oxidation sites excluding steroid dienone is 1. The molecular weight excluding hydrogens is 362 g/mol. The molecule has 2 aromatic rings. The van der Waals surface area contributed by atoms with Crippen LogP contribution in [0.1, 0.15) is 18.5 Å². The van der Waals surface area contributed by atoms with Crippen LogP contribution in [0.25, 0.3) is 0 Å². The number of hydrogen-bond donors (Lipinski definition) is 3. The van der Waals surface area contributed by atoms with Crippen LogP contribution in [0.5, 0.6) is 17.2 Å². The summed E-state index contributed by atoms with van der Waals surface area (Å²) in [4.78, 5) is 25.2. The highest BCUT2D eigenvalue weighted by Gasteiger charge is 2.32. The SMILES string of the molecule is COc1ccccc1NC(=O)C1=C(C)NC(=O)N[C@H]1c1ccc2c(c1)OCO2. The predicted octanol–water partition coefficient (Wildman–Crippen LogP) is 2.69. The highest BCUT2D eigenvalue weighted by molar-refractivity contribution is 6.07. The number of amides is 3. The zero-order valence-electron chi connectivity index (χ0n) is 15.4. The van der Waals surface area contributed by atoms with E-state index in [0.717, 1.165) is 0 Å². The van der Waals surface area contributed by atoms with Crippen LogP contribution < -0.4 is 30.2 Å². The monoisotopic (exact) mass is 381 g/mol. The summed E-state index contributed by atoms with van der Waals surface area (Å²) in [6.07, 6.45) is 0. The van der Waals surface area contributed by atoms with Crippen molar-refractivity contribution in [3.63, 3.8) is 0 Å².